The van der Waals surface area contributed by atoms with Gasteiger partial charge in [-0.3, -0.25) is 14.5 Å². The number of benzene rings is 3. The van der Waals surface area contributed by atoms with E-state index in [4.69, 9.17) is 21.7 Å². The van der Waals surface area contributed by atoms with Crippen LogP contribution in [0.2, 0.25) is 0 Å². The Labute approximate surface area is 223 Å². The number of methoxy groups -OCH3 is 1. The van der Waals surface area contributed by atoms with Crippen molar-refractivity contribution < 1.29 is 19.1 Å². The molecule has 1 aliphatic heterocycles. The van der Waals surface area contributed by atoms with E-state index in [1.54, 1.807) is 19.2 Å². The molecule has 0 aromatic heterocycles. The zero-order chi connectivity index (χ0) is 26.2. The van der Waals surface area contributed by atoms with Gasteiger partial charge in [0.05, 0.1) is 25.8 Å². The molecule has 1 N–H and O–H groups in total. The van der Waals surface area contributed by atoms with Crippen molar-refractivity contribution in [2.75, 3.05) is 30.5 Å². The van der Waals surface area contributed by atoms with Crippen molar-refractivity contribution in [2.45, 2.75) is 32.2 Å². The van der Waals surface area contributed by atoms with E-state index in [1.807, 2.05) is 78.6 Å². The third kappa shape index (κ3) is 6.46. The Kier molecular flexibility index (Phi) is 8.74. The minimum Gasteiger partial charge on any atom is -0.497 e. The number of rotatable bonds is 11. The lowest BCUT2D eigenvalue weighted by molar-refractivity contribution is -0.124. The van der Waals surface area contributed by atoms with Crippen LogP contribution in [0.4, 0.5) is 11.4 Å². The largest absolute Gasteiger partial charge is 0.497 e. The van der Waals surface area contributed by atoms with Crippen LogP contribution in [0, 0.1) is 0 Å². The lowest BCUT2D eigenvalue weighted by Gasteiger charge is -2.24. The molecule has 0 spiro atoms. The molecule has 0 saturated carbocycles. The summed E-state index contributed by atoms with van der Waals surface area (Å²) in [4.78, 5) is 29.9. The van der Waals surface area contributed by atoms with Gasteiger partial charge in [0.1, 0.15) is 17.5 Å². The topological polar surface area (TPSA) is 71.1 Å². The molecule has 0 aliphatic carbocycles. The number of anilines is 2. The fraction of sp³-hybridized carbons (Fsp3) is 0.276. The molecular weight excluding hydrogens is 486 g/mol. The van der Waals surface area contributed by atoms with E-state index in [0.717, 1.165) is 23.5 Å². The van der Waals surface area contributed by atoms with Gasteiger partial charge < -0.3 is 19.7 Å². The first-order chi connectivity index (χ1) is 18.0. The summed E-state index contributed by atoms with van der Waals surface area (Å²) in [6.07, 6.45) is 1.57. The number of nitrogens with one attached hydrogen (secondary N) is 1. The van der Waals surface area contributed by atoms with Gasteiger partial charge in [0, 0.05) is 12.2 Å². The predicted molar refractivity (Wildman–Crippen MR) is 149 cm³/mol. The third-order valence-corrected chi connectivity index (χ3v) is 6.54. The summed E-state index contributed by atoms with van der Waals surface area (Å²) in [5.41, 5.74) is 2.42. The Morgan fingerprint density at radius 3 is 2.30 bits per heavy atom. The lowest BCUT2D eigenvalue weighted by atomic mass is 10.1. The molecule has 0 unspecified atom stereocenters. The van der Waals surface area contributed by atoms with Crippen molar-refractivity contribution in [1.29, 1.82) is 0 Å². The van der Waals surface area contributed by atoms with Crippen molar-refractivity contribution in [1.82, 2.24) is 4.90 Å². The highest BCUT2D eigenvalue weighted by Crippen LogP contribution is 2.28. The zero-order valence-electron chi connectivity index (χ0n) is 21.1. The quantitative estimate of drug-likeness (QED) is 0.359. The van der Waals surface area contributed by atoms with Crippen molar-refractivity contribution in [3.05, 3.63) is 84.4 Å². The molecule has 0 radical (unpaired) electrons. The molecule has 3 aromatic rings. The second-order valence-electron chi connectivity index (χ2n) is 8.72. The van der Waals surface area contributed by atoms with Crippen LogP contribution in [-0.4, -0.2) is 48.1 Å². The van der Waals surface area contributed by atoms with Gasteiger partial charge >= 0.3 is 0 Å². The Morgan fingerprint density at radius 2 is 1.65 bits per heavy atom. The third-order valence-electron chi connectivity index (χ3n) is 6.12. The maximum Gasteiger partial charge on any atom is 0.256 e. The fourth-order valence-corrected chi connectivity index (χ4v) is 4.60. The van der Waals surface area contributed by atoms with Gasteiger partial charge in [-0.25, -0.2) is 0 Å². The number of carbonyl (C=O) groups is 2. The van der Waals surface area contributed by atoms with Crippen LogP contribution in [0.5, 0.6) is 11.5 Å². The zero-order valence-corrected chi connectivity index (χ0v) is 21.9. The van der Waals surface area contributed by atoms with E-state index in [0.29, 0.717) is 36.1 Å². The number of hydrogen-bond donors (Lipinski definition) is 1. The summed E-state index contributed by atoms with van der Waals surface area (Å²) in [7, 11) is 1.63. The number of carbonyl (C=O) groups excluding carboxylic acids is 2. The van der Waals surface area contributed by atoms with Gasteiger partial charge in [-0.15, -0.1) is 0 Å². The average Bonchev–Trinajstić information content (AvgIpc) is 3.15. The van der Waals surface area contributed by atoms with Gasteiger partial charge in [0.25, 0.3) is 5.91 Å². The Balaban J connectivity index is 1.48. The summed E-state index contributed by atoms with van der Waals surface area (Å²) < 4.78 is 10.8. The Morgan fingerprint density at radius 1 is 0.973 bits per heavy atom. The van der Waals surface area contributed by atoms with Crippen LogP contribution in [0.3, 0.4) is 0 Å². The molecule has 192 valence electrons. The van der Waals surface area contributed by atoms with Gasteiger partial charge in [-0.2, -0.15) is 0 Å². The standard InChI is InChI=1S/C29H31N3O4S/c1-3-19-36-25-15-11-22(12-16-25)30-27(33)20-26-28(34)32(23-7-5-4-6-8-23)29(37)31(26)18-17-21-9-13-24(35-2)14-10-21/h4-16,26H,3,17-20H2,1-2H3,(H,30,33)/t26-/m0/s1. The van der Waals surface area contributed by atoms with Crippen LogP contribution in [-0.2, 0) is 16.0 Å². The van der Waals surface area contributed by atoms with Crippen LogP contribution < -0.4 is 19.7 Å². The maximum absolute atomic E-state index is 13.5. The smallest absolute Gasteiger partial charge is 0.256 e. The van der Waals surface area contributed by atoms with E-state index in [-0.39, 0.29) is 18.2 Å². The summed E-state index contributed by atoms with van der Waals surface area (Å²) in [6.45, 7) is 3.19. The minimum absolute atomic E-state index is 0.0149. The molecule has 0 bridgehead atoms. The lowest BCUT2D eigenvalue weighted by Crippen LogP contribution is -2.39. The van der Waals surface area contributed by atoms with Gasteiger partial charge in [-0.05, 0) is 79.2 Å². The Bertz CT molecular complexity index is 1220. The summed E-state index contributed by atoms with van der Waals surface area (Å²) >= 11 is 5.75. The number of nitrogens with zero attached hydrogens (tertiary/aromatic N) is 2. The summed E-state index contributed by atoms with van der Waals surface area (Å²) in [6, 6.07) is 23.6. The number of ether oxygens (including phenoxy) is 2. The van der Waals surface area contributed by atoms with Crippen molar-refractivity contribution in [2.24, 2.45) is 0 Å². The fourth-order valence-electron chi connectivity index (χ4n) is 4.19. The normalized spacial score (nSPS) is 15.1. The predicted octanol–water partition coefficient (Wildman–Crippen LogP) is 5.06. The van der Waals surface area contributed by atoms with Crippen molar-refractivity contribution >= 4 is 40.5 Å². The minimum atomic E-state index is -0.696. The second-order valence-corrected chi connectivity index (χ2v) is 9.09. The van der Waals surface area contributed by atoms with E-state index < -0.39 is 6.04 Å². The number of para-hydroxylation sites is 1. The molecule has 37 heavy (non-hydrogen) atoms. The van der Waals surface area contributed by atoms with E-state index in [9.17, 15) is 9.59 Å². The number of amides is 2. The van der Waals surface area contributed by atoms with Crippen molar-refractivity contribution in [3.8, 4) is 11.5 Å². The molecule has 1 atom stereocenters. The first-order valence-corrected chi connectivity index (χ1v) is 12.8. The molecule has 8 heteroatoms. The van der Waals surface area contributed by atoms with Gasteiger partial charge in [-0.1, -0.05) is 37.3 Å². The van der Waals surface area contributed by atoms with Gasteiger partial charge in [0.2, 0.25) is 5.91 Å². The molecule has 2 amide bonds. The first-order valence-electron chi connectivity index (χ1n) is 12.4. The maximum atomic E-state index is 13.5. The van der Waals surface area contributed by atoms with E-state index in [2.05, 4.69) is 5.32 Å². The number of hydrogen-bond acceptors (Lipinski definition) is 5. The molecule has 1 saturated heterocycles. The van der Waals surface area contributed by atoms with Gasteiger partial charge in [0.15, 0.2) is 5.11 Å². The summed E-state index contributed by atoms with van der Waals surface area (Å²) in [5.74, 6) is 1.07. The number of thiocarbonyl (C=S) groups is 1. The molecule has 3 aromatic carbocycles. The Hall–Kier alpha value is -3.91. The molecule has 4 rings (SSSR count). The monoisotopic (exact) mass is 517 g/mol. The van der Waals surface area contributed by atoms with E-state index in [1.165, 1.54) is 4.90 Å². The van der Waals surface area contributed by atoms with Crippen LogP contribution in [0.25, 0.3) is 0 Å². The summed E-state index contributed by atoms with van der Waals surface area (Å²) in [5, 5.41) is 3.30. The molecule has 1 heterocycles. The molecule has 1 fully saturated rings. The molecule has 7 nitrogen and oxygen atoms in total. The molecule has 1 aliphatic rings. The SMILES string of the molecule is CCCOc1ccc(NC(=O)C[C@H]2C(=O)N(c3ccccc3)C(=S)N2CCc2ccc(OC)cc2)cc1. The van der Waals surface area contributed by atoms with Crippen LogP contribution in [0.15, 0.2) is 78.9 Å². The van der Waals surface area contributed by atoms with Crippen LogP contribution >= 0.6 is 12.2 Å². The van der Waals surface area contributed by atoms with Crippen molar-refractivity contribution in [3.63, 3.8) is 0 Å². The second kappa shape index (κ2) is 12.4. The highest BCUT2D eigenvalue weighted by Gasteiger charge is 2.43. The van der Waals surface area contributed by atoms with E-state index >= 15 is 0 Å². The highest BCUT2D eigenvalue weighted by atomic mass is 32.1. The average molecular weight is 518 g/mol. The first kappa shape index (κ1) is 26.2. The highest BCUT2D eigenvalue weighted by molar-refractivity contribution is 7.80. The van der Waals surface area contributed by atoms with Crippen LogP contribution in [0.1, 0.15) is 25.3 Å². The molecular formula is C29H31N3O4S.